The smallest absolute Gasteiger partial charge is 0.274 e. The maximum atomic E-state index is 12.6. The maximum absolute atomic E-state index is 12.6. The van der Waals surface area contributed by atoms with Crippen molar-refractivity contribution in [1.29, 1.82) is 0 Å². The van der Waals surface area contributed by atoms with Crippen molar-refractivity contribution >= 4 is 28.4 Å². The Morgan fingerprint density at radius 1 is 1.32 bits per heavy atom. The predicted octanol–water partition coefficient (Wildman–Crippen LogP) is 3.32. The molecular formula is C10H4Cl2F3N3O. The van der Waals surface area contributed by atoms with Gasteiger partial charge in [0.15, 0.2) is 11.5 Å². The van der Waals surface area contributed by atoms with Crippen LogP contribution in [0, 0.1) is 0 Å². The Hall–Kier alpha value is -1.60. The van der Waals surface area contributed by atoms with Crippen LogP contribution in [0.1, 0.15) is 16.2 Å². The van der Waals surface area contributed by atoms with Crippen molar-refractivity contribution in [1.82, 2.24) is 14.8 Å². The number of pyridine rings is 1. The first-order valence-corrected chi connectivity index (χ1v) is 5.54. The lowest BCUT2D eigenvalue weighted by Gasteiger charge is -2.03. The molecule has 19 heavy (non-hydrogen) atoms. The summed E-state index contributed by atoms with van der Waals surface area (Å²) in [7, 11) is 0. The SMILES string of the molecule is O=C(Cl)c1cc(C(F)(F)F)nn1-c1cccc(Cl)n1. The summed E-state index contributed by atoms with van der Waals surface area (Å²) in [4.78, 5) is 14.9. The van der Waals surface area contributed by atoms with Gasteiger partial charge in [-0.15, -0.1) is 0 Å². The van der Waals surface area contributed by atoms with Crippen molar-refractivity contribution in [2.75, 3.05) is 0 Å². The Morgan fingerprint density at radius 2 is 2.00 bits per heavy atom. The highest BCUT2D eigenvalue weighted by atomic mass is 35.5. The molecule has 0 fully saturated rings. The van der Waals surface area contributed by atoms with E-state index in [1.54, 1.807) is 0 Å². The summed E-state index contributed by atoms with van der Waals surface area (Å²) in [5.74, 6) is -0.0352. The fourth-order valence-electron chi connectivity index (χ4n) is 1.35. The quantitative estimate of drug-likeness (QED) is 0.631. The normalized spacial score (nSPS) is 11.6. The van der Waals surface area contributed by atoms with E-state index in [0.717, 1.165) is 0 Å². The van der Waals surface area contributed by atoms with Gasteiger partial charge in [-0.1, -0.05) is 17.7 Å². The van der Waals surface area contributed by atoms with Gasteiger partial charge in [0.25, 0.3) is 5.24 Å². The third-order valence-corrected chi connectivity index (χ3v) is 2.52. The van der Waals surface area contributed by atoms with Crippen LogP contribution in [0.2, 0.25) is 5.15 Å². The first-order chi connectivity index (χ1) is 8.79. The Kier molecular flexibility index (Phi) is 3.51. The van der Waals surface area contributed by atoms with Crippen LogP contribution in [-0.4, -0.2) is 20.0 Å². The van der Waals surface area contributed by atoms with E-state index in [1.165, 1.54) is 18.2 Å². The third kappa shape index (κ3) is 2.87. The number of hydrogen-bond acceptors (Lipinski definition) is 3. The fraction of sp³-hybridized carbons (Fsp3) is 0.100. The zero-order valence-corrected chi connectivity index (χ0v) is 10.5. The Bertz CT molecular complexity index is 639. The van der Waals surface area contributed by atoms with Crippen LogP contribution in [0.4, 0.5) is 13.2 Å². The molecule has 0 saturated carbocycles. The summed E-state index contributed by atoms with van der Waals surface area (Å²) in [5, 5.41) is 2.25. The lowest BCUT2D eigenvalue weighted by atomic mass is 10.3. The van der Waals surface area contributed by atoms with Gasteiger partial charge in [0.05, 0.1) is 0 Å². The zero-order chi connectivity index (χ0) is 14.2. The molecule has 2 aromatic rings. The molecule has 4 nitrogen and oxygen atoms in total. The van der Waals surface area contributed by atoms with E-state index >= 15 is 0 Å². The second kappa shape index (κ2) is 4.82. The van der Waals surface area contributed by atoms with Crippen LogP contribution in [-0.2, 0) is 6.18 Å². The standard InChI is InChI=1S/C10H4Cl2F3N3O/c11-7-2-1-3-8(16-7)18-5(9(12)19)4-6(17-18)10(13,14)15/h1-4H. The second-order valence-corrected chi connectivity index (χ2v) is 4.15. The van der Waals surface area contributed by atoms with Gasteiger partial charge in [-0.3, -0.25) is 4.79 Å². The van der Waals surface area contributed by atoms with Crippen LogP contribution >= 0.6 is 23.2 Å². The number of rotatable bonds is 2. The first-order valence-electron chi connectivity index (χ1n) is 4.79. The molecular weight excluding hydrogens is 306 g/mol. The molecule has 0 spiro atoms. The van der Waals surface area contributed by atoms with Crippen molar-refractivity contribution in [2.45, 2.75) is 6.18 Å². The topological polar surface area (TPSA) is 47.8 Å². The van der Waals surface area contributed by atoms with Crippen molar-refractivity contribution in [3.8, 4) is 5.82 Å². The summed E-state index contributed by atoms with van der Waals surface area (Å²) in [6.07, 6.45) is -4.69. The molecule has 2 heterocycles. The average Bonchev–Trinajstić information content (AvgIpc) is 2.73. The highest BCUT2D eigenvalue weighted by Crippen LogP contribution is 2.29. The molecule has 0 atom stereocenters. The lowest BCUT2D eigenvalue weighted by molar-refractivity contribution is -0.141. The Labute approximate surface area is 114 Å². The van der Waals surface area contributed by atoms with E-state index in [0.29, 0.717) is 10.7 Å². The molecule has 0 aliphatic rings. The Balaban J connectivity index is 2.62. The third-order valence-electron chi connectivity index (χ3n) is 2.12. The van der Waals surface area contributed by atoms with Gasteiger partial charge >= 0.3 is 6.18 Å². The second-order valence-electron chi connectivity index (χ2n) is 3.42. The van der Waals surface area contributed by atoms with Crippen LogP contribution in [0.3, 0.4) is 0 Å². The first kappa shape index (κ1) is 13.8. The summed E-state index contributed by atoms with van der Waals surface area (Å²) in [6.45, 7) is 0. The number of alkyl halides is 3. The van der Waals surface area contributed by atoms with E-state index in [4.69, 9.17) is 23.2 Å². The molecule has 0 aliphatic heterocycles. The minimum Gasteiger partial charge on any atom is -0.274 e. The molecule has 0 bridgehead atoms. The Morgan fingerprint density at radius 3 is 2.53 bits per heavy atom. The lowest BCUT2D eigenvalue weighted by Crippen LogP contribution is -2.09. The van der Waals surface area contributed by atoms with Gasteiger partial charge in [0, 0.05) is 6.07 Å². The average molecular weight is 310 g/mol. The summed E-state index contributed by atoms with van der Waals surface area (Å²) < 4.78 is 38.4. The minimum absolute atomic E-state index is 0.0352. The van der Waals surface area contributed by atoms with Crippen molar-refractivity contribution < 1.29 is 18.0 Å². The monoisotopic (exact) mass is 309 g/mol. The molecule has 0 aliphatic carbocycles. The van der Waals surface area contributed by atoms with Crippen molar-refractivity contribution in [2.24, 2.45) is 0 Å². The predicted molar refractivity (Wildman–Crippen MR) is 61.6 cm³/mol. The molecule has 0 aromatic carbocycles. The number of carbonyl (C=O) groups excluding carboxylic acids is 1. The molecule has 0 N–H and O–H groups in total. The largest absolute Gasteiger partial charge is 0.435 e. The minimum atomic E-state index is -4.69. The maximum Gasteiger partial charge on any atom is 0.435 e. The molecule has 0 radical (unpaired) electrons. The van der Waals surface area contributed by atoms with Crippen LogP contribution in [0.5, 0.6) is 0 Å². The van der Waals surface area contributed by atoms with E-state index in [9.17, 15) is 18.0 Å². The molecule has 2 aromatic heterocycles. The van der Waals surface area contributed by atoms with E-state index in [2.05, 4.69) is 10.1 Å². The fourth-order valence-corrected chi connectivity index (χ4v) is 1.64. The number of halogens is 5. The summed E-state index contributed by atoms with van der Waals surface area (Å²) in [5.41, 5.74) is -1.68. The van der Waals surface area contributed by atoms with Crippen molar-refractivity contribution in [3.05, 3.63) is 40.8 Å². The highest BCUT2D eigenvalue weighted by Gasteiger charge is 2.36. The summed E-state index contributed by atoms with van der Waals surface area (Å²) in [6, 6.07) is 4.80. The van der Waals surface area contributed by atoms with Gasteiger partial charge < -0.3 is 0 Å². The van der Waals surface area contributed by atoms with Gasteiger partial charge in [-0.2, -0.15) is 18.3 Å². The van der Waals surface area contributed by atoms with Gasteiger partial charge in [-0.25, -0.2) is 9.67 Å². The number of nitrogens with zero attached hydrogens (tertiary/aromatic N) is 3. The number of carbonyl (C=O) groups is 1. The van der Waals surface area contributed by atoms with Gasteiger partial charge in [-0.05, 0) is 23.7 Å². The molecule has 0 saturated heterocycles. The van der Waals surface area contributed by atoms with E-state index < -0.39 is 22.8 Å². The molecule has 0 unspecified atom stereocenters. The van der Waals surface area contributed by atoms with Crippen LogP contribution < -0.4 is 0 Å². The van der Waals surface area contributed by atoms with Crippen LogP contribution in [0.25, 0.3) is 5.82 Å². The number of hydrogen-bond donors (Lipinski definition) is 0. The van der Waals surface area contributed by atoms with E-state index in [-0.39, 0.29) is 11.0 Å². The zero-order valence-electron chi connectivity index (χ0n) is 8.95. The van der Waals surface area contributed by atoms with E-state index in [1.807, 2.05) is 0 Å². The van der Waals surface area contributed by atoms with Gasteiger partial charge in [0.2, 0.25) is 0 Å². The molecule has 0 amide bonds. The molecule has 9 heteroatoms. The highest BCUT2D eigenvalue weighted by molar-refractivity contribution is 6.67. The number of aromatic nitrogens is 3. The molecule has 2 rings (SSSR count). The van der Waals surface area contributed by atoms with Gasteiger partial charge in [0.1, 0.15) is 10.8 Å². The molecule has 100 valence electrons. The van der Waals surface area contributed by atoms with Crippen LogP contribution in [0.15, 0.2) is 24.3 Å². The summed E-state index contributed by atoms with van der Waals surface area (Å²) >= 11 is 10.9. The van der Waals surface area contributed by atoms with Crippen molar-refractivity contribution in [3.63, 3.8) is 0 Å².